The van der Waals surface area contributed by atoms with Crippen molar-refractivity contribution in [2.24, 2.45) is 0 Å². The second kappa shape index (κ2) is 9.03. The average molecular weight is 476 g/mol. The molecule has 0 unspecified atom stereocenters. The molecule has 33 heavy (non-hydrogen) atoms. The molecule has 0 bridgehead atoms. The van der Waals surface area contributed by atoms with Gasteiger partial charge >= 0.3 is 6.18 Å². The number of rotatable bonds is 6. The summed E-state index contributed by atoms with van der Waals surface area (Å²) in [4.78, 5) is 12.7. The minimum atomic E-state index is -4.48. The maximum absolute atomic E-state index is 13.0. The Kier molecular flexibility index (Phi) is 6.15. The third-order valence-corrected chi connectivity index (χ3v) is 5.08. The van der Waals surface area contributed by atoms with Gasteiger partial charge in [0, 0.05) is 17.1 Å². The van der Waals surface area contributed by atoms with Crippen molar-refractivity contribution < 1.29 is 26.9 Å². The molecule has 0 aliphatic heterocycles. The Morgan fingerprint density at radius 3 is 2.58 bits per heavy atom. The molecule has 0 saturated heterocycles. The lowest BCUT2D eigenvalue weighted by Crippen LogP contribution is -2.26. The van der Waals surface area contributed by atoms with E-state index in [0.717, 1.165) is 17.7 Å². The minimum absolute atomic E-state index is 0.0222. The Hall–Kier alpha value is -3.72. The van der Waals surface area contributed by atoms with Crippen LogP contribution in [0.3, 0.4) is 0 Å². The molecule has 0 aliphatic rings. The van der Waals surface area contributed by atoms with Crippen molar-refractivity contribution in [3.05, 3.63) is 82.4 Å². The van der Waals surface area contributed by atoms with E-state index in [9.17, 15) is 18.0 Å². The Balaban J connectivity index is 1.52. The minimum Gasteiger partial charge on any atom is -0.454 e. The van der Waals surface area contributed by atoms with Gasteiger partial charge in [0.15, 0.2) is 11.5 Å². The van der Waals surface area contributed by atoms with E-state index < -0.39 is 17.6 Å². The van der Waals surface area contributed by atoms with Crippen molar-refractivity contribution in [1.82, 2.24) is 10.5 Å². The third-order valence-electron chi connectivity index (χ3n) is 4.85. The molecule has 0 atom stereocenters. The number of furan rings is 1. The summed E-state index contributed by atoms with van der Waals surface area (Å²) in [6.45, 7) is 0.302. The van der Waals surface area contributed by atoms with Crippen molar-refractivity contribution >= 4 is 23.4 Å². The highest BCUT2D eigenvalue weighted by atomic mass is 35.5. The first-order valence-electron chi connectivity index (χ1n) is 9.78. The SMILES string of the molecule is Nc1onc(-c2ccc(-c3cccc(C(F)(F)F)c3)o2)c1C(=O)NCCc1cccc(Cl)c1. The molecule has 10 heteroatoms. The number of aromatic nitrogens is 1. The van der Waals surface area contributed by atoms with Crippen LogP contribution in [-0.2, 0) is 12.6 Å². The Morgan fingerprint density at radius 1 is 1.06 bits per heavy atom. The Morgan fingerprint density at radius 2 is 1.82 bits per heavy atom. The van der Waals surface area contributed by atoms with Crippen LogP contribution in [0.1, 0.15) is 21.5 Å². The number of benzene rings is 2. The third kappa shape index (κ3) is 5.04. The highest BCUT2D eigenvalue weighted by molar-refractivity contribution is 6.30. The van der Waals surface area contributed by atoms with E-state index in [4.69, 9.17) is 26.3 Å². The number of hydrogen-bond acceptors (Lipinski definition) is 5. The fourth-order valence-electron chi connectivity index (χ4n) is 3.26. The van der Waals surface area contributed by atoms with E-state index in [1.165, 1.54) is 24.3 Å². The number of nitrogens with two attached hydrogens (primary N) is 1. The second-order valence-electron chi connectivity index (χ2n) is 7.15. The van der Waals surface area contributed by atoms with Crippen LogP contribution in [0.25, 0.3) is 22.8 Å². The summed E-state index contributed by atoms with van der Waals surface area (Å²) < 4.78 is 49.7. The van der Waals surface area contributed by atoms with Crippen molar-refractivity contribution in [3.63, 3.8) is 0 Å². The van der Waals surface area contributed by atoms with E-state index in [1.54, 1.807) is 12.1 Å². The predicted octanol–water partition coefficient (Wildman–Crippen LogP) is 5.83. The number of anilines is 1. The summed E-state index contributed by atoms with van der Waals surface area (Å²) in [5, 5.41) is 7.13. The van der Waals surface area contributed by atoms with Crippen LogP contribution in [0.2, 0.25) is 5.02 Å². The molecule has 4 aromatic rings. The lowest BCUT2D eigenvalue weighted by molar-refractivity contribution is -0.137. The Bertz CT molecular complexity index is 1300. The normalized spacial score (nSPS) is 11.5. The molecule has 6 nitrogen and oxygen atoms in total. The average Bonchev–Trinajstić information content (AvgIpc) is 3.40. The molecule has 2 heterocycles. The zero-order valence-corrected chi connectivity index (χ0v) is 17.7. The van der Waals surface area contributed by atoms with Gasteiger partial charge in [-0.1, -0.05) is 41.0 Å². The van der Waals surface area contributed by atoms with Crippen LogP contribution in [0.4, 0.5) is 19.1 Å². The van der Waals surface area contributed by atoms with Crippen molar-refractivity contribution in [3.8, 4) is 22.8 Å². The second-order valence-corrected chi connectivity index (χ2v) is 7.59. The fraction of sp³-hybridized carbons (Fsp3) is 0.130. The van der Waals surface area contributed by atoms with Crippen LogP contribution in [0.5, 0.6) is 0 Å². The lowest BCUT2D eigenvalue weighted by atomic mass is 10.1. The molecule has 2 aromatic carbocycles. The molecular formula is C23H17ClF3N3O3. The molecule has 170 valence electrons. The van der Waals surface area contributed by atoms with Crippen LogP contribution in [0.15, 0.2) is 69.6 Å². The Labute approximate surface area is 191 Å². The number of nitrogens with zero attached hydrogens (tertiary/aromatic N) is 1. The molecular weight excluding hydrogens is 459 g/mol. The summed E-state index contributed by atoms with van der Waals surface area (Å²) in [7, 11) is 0. The number of carbonyl (C=O) groups excluding carboxylic acids is 1. The smallest absolute Gasteiger partial charge is 0.416 e. The lowest BCUT2D eigenvalue weighted by Gasteiger charge is -2.07. The van der Waals surface area contributed by atoms with Gasteiger partial charge in [-0.3, -0.25) is 4.79 Å². The van der Waals surface area contributed by atoms with Gasteiger partial charge in [-0.05, 0) is 48.4 Å². The first-order chi connectivity index (χ1) is 15.7. The van der Waals surface area contributed by atoms with Gasteiger partial charge in [0.2, 0.25) is 5.88 Å². The van der Waals surface area contributed by atoms with E-state index in [1.807, 2.05) is 12.1 Å². The fourth-order valence-corrected chi connectivity index (χ4v) is 3.47. The van der Waals surface area contributed by atoms with Gasteiger partial charge < -0.3 is 20.0 Å². The van der Waals surface area contributed by atoms with Crippen LogP contribution < -0.4 is 11.1 Å². The van der Waals surface area contributed by atoms with E-state index >= 15 is 0 Å². The summed E-state index contributed by atoms with van der Waals surface area (Å²) in [5.41, 5.74) is 6.18. The quantitative estimate of drug-likeness (QED) is 0.366. The van der Waals surface area contributed by atoms with Gasteiger partial charge in [-0.2, -0.15) is 13.2 Å². The topological polar surface area (TPSA) is 94.3 Å². The summed E-state index contributed by atoms with van der Waals surface area (Å²) in [6, 6.07) is 14.9. The van der Waals surface area contributed by atoms with Crippen molar-refractivity contribution in [1.29, 1.82) is 0 Å². The molecule has 4 rings (SSSR count). The molecule has 2 aromatic heterocycles. The van der Waals surface area contributed by atoms with Crippen molar-refractivity contribution in [2.45, 2.75) is 12.6 Å². The number of carbonyl (C=O) groups is 1. The van der Waals surface area contributed by atoms with Crippen LogP contribution in [-0.4, -0.2) is 17.6 Å². The van der Waals surface area contributed by atoms with Gasteiger partial charge in [0.1, 0.15) is 11.3 Å². The molecule has 0 spiro atoms. The zero-order valence-electron chi connectivity index (χ0n) is 16.9. The van der Waals surface area contributed by atoms with Crippen molar-refractivity contribution in [2.75, 3.05) is 12.3 Å². The molecule has 0 aliphatic carbocycles. The van der Waals surface area contributed by atoms with Crippen LogP contribution >= 0.6 is 11.6 Å². The molecule has 0 fully saturated rings. The molecule has 0 radical (unpaired) electrons. The van der Waals surface area contributed by atoms with Gasteiger partial charge in [0.05, 0.1) is 5.56 Å². The first-order valence-corrected chi connectivity index (χ1v) is 10.2. The van der Waals surface area contributed by atoms with E-state index in [0.29, 0.717) is 18.0 Å². The molecule has 3 N–H and O–H groups in total. The van der Waals surface area contributed by atoms with E-state index in [-0.39, 0.29) is 34.2 Å². The number of hydrogen-bond donors (Lipinski definition) is 2. The standard InChI is InChI=1S/C23H17ClF3N3O3/c24-16-6-1-3-13(11-16)9-10-29-22(31)19-20(30-33-21(19)28)18-8-7-17(32-18)14-4-2-5-15(12-14)23(25,26)27/h1-8,11-12H,9-10,28H2,(H,29,31). The largest absolute Gasteiger partial charge is 0.454 e. The number of nitrogens with one attached hydrogen (secondary N) is 1. The number of nitrogen functional groups attached to an aromatic ring is 1. The van der Waals surface area contributed by atoms with Gasteiger partial charge in [-0.15, -0.1) is 0 Å². The number of amides is 1. The number of alkyl halides is 3. The summed E-state index contributed by atoms with van der Waals surface area (Å²) >= 11 is 5.96. The van der Waals surface area contributed by atoms with E-state index in [2.05, 4.69) is 10.5 Å². The predicted molar refractivity (Wildman–Crippen MR) is 117 cm³/mol. The first kappa shape index (κ1) is 22.5. The summed E-state index contributed by atoms with van der Waals surface area (Å²) in [5.74, 6) is -0.432. The van der Waals surface area contributed by atoms with Crippen LogP contribution in [0, 0.1) is 0 Å². The van der Waals surface area contributed by atoms with Gasteiger partial charge in [0.25, 0.3) is 5.91 Å². The zero-order chi connectivity index (χ0) is 23.6. The molecule has 1 amide bonds. The monoisotopic (exact) mass is 475 g/mol. The molecule has 0 saturated carbocycles. The highest BCUT2D eigenvalue weighted by Gasteiger charge is 2.31. The highest BCUT2D eigenvalue weighted by Crippen LogP contribution is 2.35. The number of halogens is 4. The maximum atomic E-state index is 13.0. The van der Waals surface area contributed by atoms with Gasteiger partial charge in [-0.25, -0.2) is 0 Å². The maximum Gasteiger partial charge on any atom is 0.416 e. The summed E-state index contributed by atoms with van der Waals surface area (Å²) in [6.07, 6.45) is -3.95.